The molecule has 1 fully saturated rings. The van der Waals surface area contributed by atoms with E-state index in [1.165, 1.54) is 26.0 Å². The first-order valence-corrected chi connectivity index (χ1v) is 8.19. The second-order valence-corrected chi connectivity index (χ2v) is 6.96. The molecule has 4 N–H and O–H groups in total. The van der Waals surface area contributed by atoms with Crippen molar-refractivity contribution in [2.24, 2.45) is 0 Å². The Morgan fingerprint density at radius 1 is 1.40 bits per heavy atom. The Bertz CT molecular complexity index is 570. The van der Waals surface area contributed by atoms with Gasteiger partial charge in [0.1, 0.15) is 4.90 Å². The fourth-order valence-electron chi connectivity index (χ4n) is 2.08. The third-order valence-electron chi connectivity index (χ3n) is 3.51. The van der Waals surface area contributed by atoms with Crippen molar-refractivity contribution in [2.75, 3.05) is 38.2 Å². The maximum atomic E-state index is 12.0. The average Bonchev–Trinajstić information content (AvgIpc) is 3.24. The minimum atomic E-state index is -3.51. The van der Waals surface area contributed by atoms with E-state index >= 15 is 0 Å². The Labute approximate surface area is 120 Å². The number of hydrogen-bond donors (Lipinski definition) is 3. The molecule has 112 valence electrons. The Hall–Kier alpha value is -1.31. The minimum Gasteiger partial charge on any atom is -0.399 e. The summed E-state index contributed by atoms with van der Waals surface area (Å²) in [5.74, 6) is 0. The molecule has 1 aromatic carbocycles. The molecule has 0 bridgehead atoms. The van der Waals surface area contributed by atoms with Crippen LogP contribution in [0.1, 0.15) is 12.8 Å². The lowest BCUT2D eigenvalue weighted by Crippen LogP contribution is -2.27. The van der Waals surface area contributed by atoms with Gasteiger partial charge in [0, 0.05) is 24.8 Å². The Morgan fingerprint density at radius 2 is 2.10 bits per heavy atom. The van der Waals surface area contributed by atoms with Crippen molar-refractivity contribution in [1.29, 1.82) is 0 Å². The Kier molecular flexibility index (Phi) is 4.52. The van der Waals surface area contributed by atoms with Gasteiger partial charge in [-0.3, -0.25) is 0 Å². The molecule has 0 unspecified atom stereocenters. The molecule has 1 saturated carbocycles. The lowest BCUT2D eigenvalue weighted by Gasteiger charge is -2.18. The standard InChI is InChI=1S/C13H22N4O2S/c1-15-20(18,19)13-9-10(14)3-6-12(13)16-7-8-17(2)11-4-5-11/h3,6,9,11,15-16H,4-5,7-8,14H2,1-2H3. The van der Waals surface area contributed by atoms with Gasteiger partial charge in [-0.15, -0.1) is 0 Å². The number of benzene rings is 1. The summed E-state index contributed by atoms with van der Waals surface area (Å²) in [6, 6.07) is 5.57. The highest BCUT2D eigenvalue weighted by molar-refractivity contribution is 7.89. The normalized spacial score (nSPS) is 15.6. The van der Waals surface area contributed by atoms with Gasteiger partial charge in [0.2, 0.25) is 10.0 Å². The minimum absolute atomic E-state index is 0.189. The van der Waals surface area contributed by atoms with Gasteiger partial charge >= 0.3 is 0 Å². The second-order valence-electron chi connectivity index (χ2n) is 5.10. The SMILES string of the molecule is CNS(=O)(=O)c1cc(N)ccc1NCCN(C)C1CC1. The van der Waals surface area contributed by atoms with E-state index in [1.807, 2.05) is 0 Å². The molecular weight excluding hydrogens is 276 g/mol. The van der Waals surface area contributed by atoms with E-state index in [9.17, 15) is 8.42 Å². The number of nitrogens with one attached hydrogen (secondary N) is 2. The van der Waals surface area contributed by atoms with Gasteiger partial charge in [-0.1, -0.05) is 0 Å². The molecular formula is C13H22N4O2S. The molecule has 7 heteroatoms. The first-order valence-electron chi connectivity index (χ1n) is 6.71. The first kappa shape index (κ1) is 15.1. The van der Waals surface area contributed by atoms with Crippen LogP contribution in [0.3, 0.4) is 0 Å². The molecule has 0 spiro atoms. The molecule has 0 saturated heterocycles. The summed E-state index contributed by atoms with van der Waals surface area (Å²) in [6.45, 7) is 1.58. The summed E-state index contributed by atoms with van der Waals surface area (Å²) in [5.41, 5.74) is 6.69. The average molecular weight is 298 g/mol. The lowest BCUT2D eigenvalue weighted by molar-refractivity contribution is 0.337. The smallest absolute Gasteiger partial charge is 0.242 e. The number of nitrogens with two attached hydrogens (primary N) is 1. The number of nitrogen functional groups attached to an aromatic ring is 1. The summed E-state index contributed by atoms with van der Waals surface area (Å²) in [6.07, 6.45) is 2.52. The van der Waals surface area contributed by atoms with Crippen LogP contribution in [0.2, 0.25) is 0 Å². The summed E-state index contributed by atoms with van der Waals surface area (Å²) < 4.78 is 26.3. The van der Waals surface area contributed by atoms with Crippen molar-refractivity contribution >= 4 is 21.4 Å². The largest absolute Gasteiger partial charge is 0.399 e. The third kappa shape index (κ3) is 3.62. The van der Waals surface area contributed by atoms with Crippen LogP contribution in [-0.4, -0.2) is 46.5 Å². The number of sulfonamides is 1. The van der Waals surface area contributed by atoms with Gasteiger partial charge in [0.15, 0.2) is 0 Å². The number of rotatable bonds is 7. The van der Waals surface area contributed by atoms with Crippen LogP contribution in [0.15, 0.2) is 23.1 Å². The van der Waals surface area contributed by atoms with Crippen molar-refractivity contribution in [3.8, 4) is 0 Å². The first-order chi connectivity index (χ1) is 9.44. The highest BCUT2D eigenvalue weighted by Crippen LogP contribution is 2.26. The highest BCUT2D eigenvalue weighted by Gasteiger charge is 2.25. The fraction of sp³-hybridized carbons (Fsp3) is 0.538. The van der Waals surface area contributed by atoms with Crippen LogP contribution in [0.4, 0.5) is 11.4 Å². The van der Waals surface area contributed by atoms with Crippen molar-refractivity contribution in [3.05, 3.63) is 18.2 Å². The van der Waals surface area contributed by atoms with Crippen molar-refractivity contribution in [3.63, 3.8) is 0 Å². The summed E-state index contributed by atoms with van der Waals surface area (Å²) >= 11 is 0. The van der Waals surface area contributed by atoms with Crippen molar-refractivity contribution < 1.29 is 8.42 Å². The number of anilines is 2. The van der Waals surface area contributed by atoms with Crippen LogP contribution in [-0.2, 0) is 10.0 Å². The van der Waals surface area contributed by atoms with E-state index in [-0.39, 0.29) is 4.90 Å². The molecule has 1 aromatic rings. The Morgan fingerprint density at radius 3 is 2.70 bits per heavy atom. The quantitative estimate of drug-likeness (QED) is 0.645. The zero-order valence-electron chi connectivity index (χ0n) is 11.9. The number of nitrogens with zero attached hydrogens (tertiary/aromatic N) is 1. The van der Waals surface area contributed by atoms with Crippen LogP contribution in [0.5, 0.6) is 0 Å². The molecule has 0 atom stereocenters. The van der Waals surface area contributed by atoms with Gasteiger partial charge < -0.3 is 16.0 Å². The fourth-order valence-corrected chi connectivity index (χ4v) is 3.02. The lowest BCUT2D eigenvalue weighted by atomic mass is 10.3. The third-order valence-corrected chi connectivity index (χ3v) is 4.97. The van der Waals surface area contributed by atoms with Gasteiger partial charge in [0.05, 0.1) is 5.69 Å². The van der Waals surface area contributed by atoms with Gasteiger partial charge in [-0.05, 0) is 45.1 Å². The molecule has 20 heavy (non-hydrogen) atoms. The molecule has 0 amide bonds. The Balaban J connectivity index is 2.06. The molecule has 0 heterocycles. The zero-order chi connectivity index (χ0) is 14.8. The second kappa shape index (κ2) is 5.99. The van der Waals surface area contributed by atoms with E-state index in [1.54, 1.807) is 12.1 Å². The maximum absolute atomic E-state index is 12.0. The highest BCUT2D eigenvalue weighted by atomic mass is 32.2. The van der Waals surface area contributed by atoms with Gasteiger partial charge in [-0.25, -0.2) is 13.1 Å². The van der Waals surface area contributed by atoms with E-state index in [2.05, 4.69) is 22.0 Å². The van der Waals surface area contributed by atoms with E-state index in [0.717, 1.165) is 6.54 Å². The summed E-state index contributed by atoms with van der Waals surface area (Å²) in [4.78, 5) is 2.48. The van der Waals surface area contributed by atoms with Crippen LogP contribution < -0.4 is 15.8 Å². The van der Waals surface area contributed by atoms with E-state index in [0.29, 0.717) is 24.0 Å². The van der Waals surface area contributed by atoms with Crippen molar-refractivity contribution in [2.45, 2.75) is 23.8 Å². The van der Waals surface area contributed by atoms with Gasteiger partial charge in [0.25, 0.3) is 0 Å². The van der Waals surface area contributed by atoms with E-state index in [4.69, 9.17) is 5.73 Å². The molecule has 0 aliphatic heterocycles. The number of hydrogen-bond acceptors (Lipinski definition) is 5. The molecule has 6 nitrogen and oxygen atoms in total. The van der Waals surface area contributed by atoms with E-state index < -0.39 is 10.0 Å². The van der Waals surface area contributed by atoms with Crippen LogP contribution >= 0.6 is 0 Å². The van der Waals surface area contributed by atoms with Crippen LogP contribution in [0.25, 0.3) is 0 Å². The monoisotopic (exact) mass is 298 g/mol. The van der Waals surface area contributed by atoms with Crippen LogP contribution in [0, 0.1) is 0 Å². The molecule has 1 aliphatic rings. The topological polar surface area (TPSA) is 87.5 Å². The maximum Gasteiger partial charge on any atom is 0.242 e. The van der Waals surface area contributed by atoms with Gasteiger partial charge in [-0.2, -0.15) is 0 Å². The summed E-state index contributed by atoms with van der Waals surface area (Å²) in [5, 5.41) is 3.18. The van der Waals surface area contributed by atoms with Crippen molar-refractivity contribution in [1.82, 2.24) is 9.62 Å². The zero-order valence-corrected chi connectivity index (χ0v) is 12.7. The summed E-state index contributed by atoms with van der Waals surface area (Å²) in [7, 11) is -0.0292. The predicted octanol–water partition coefficient (Wildman–Crippen LogP) is 0.683. The predicted molar refractivity (Wildman–Crippen MR) is 81.2 cm³/mol. The number of likely N-dealkylation sites (N-methyl/N-ethyl adjacent to an activating group) is 1. The molecule has 2 rings (SSSR count). The molecule has 1 aliphatic carbocycles. The molecule has 0 aromatic heterocycles. The molecule has 0 radical (unpaired) electrons.